The van der Waals surface area contributed by atoms with E-state index in [0.717, 1.165) is 18.2 Å². The highest BCUT2D eigenvalue weighted by atomic mass is 32.2. The summed E-state index contributed by atoms with van der Waals surface area (Å²) in [6.07, 6.45) is 0. The highest BCUT2D eigenvalue weighted by Crippen LogP contribution is 2.25. The number of benzene rings is 1. The number of nitrogen functional groups attached to an aromatic ring is 1. The second-order valence-corrected chi connectivity index (χ2v) is 5.91. The summed E-state index contributed by atoms with van der Waals surface area (Å²) < 4.78 is 29.7. The van der Waals surface area contributed by atoms with Gasteiger partial charge in [-0.1, -0.05) is 0 Å². The third-order valence-corrected chi connectivity index (χ3v) is 4.31. The number of nitro groups is 1. The average molecular weight is 317 g/mol. The number of anilines is 1. The van der Waals surface area contributed by atoms with Crippen molar-refractivity contribution in [2.45, 2.75) is 4.90 Å². The molecule has 0 unspecified atom stereocenters. The minimum absolute atomic E-state index is 0.0510. The van der Waals surface area contributed by atoms with Crippen molar-refractivity contribution in [3.63, 3.8) is 0 Å². The van der Waals surface area contributed by atoms with Gasteiger partial charge in [0.25, 0.3) is 15.7 Å². The molecular weight excluding hydrogens is 302 g/mol. The Kier molecular flexibility index (Phi) is 4.69. The van der Waals surface area contributed by atoms with Crippen LogP contribution >= 0.6 is 0 Å². The van der Waals surface area contributed by atoms with Crippen molar-refractivity contribution in [3.8, 4) is 0 Å². The molecule has 1 aromatic carbocycles. The lowest BCUT2D eigenvalue weighted by atomic mass is 10.3. The van der Waals surface area contributed by atoms with Gasteiger partial charge in [-0.2, -0.15) is 0 Å². The Labute approximate surface area is 121 Å². The van der Waals surface area contributed by atoms with Gasteiger partial charge in [-0.25, -0.2) is 13.4 Å². The molecule has 2 rings (SSSR count). The quantitative estimate of drug-likeness (QED) is 0.372. The van der Waals surface area contributed by atoms with Crippen LogP contribution in [-0.4, -0.2) is 44.7 Å². The largest absolute Gasteiger partial charge is 0.379 e. The van der Waals surface area contributed by atoms with Crippen LogP contribution in [0.4, 0.5) is 11.4 Å². The Morgan fingerprint density at radius 3 is 2.57 bits per heavy atom. The number of non-ortho nitro benzene ring substituents is 1. The molecule has 0 aromatic heterocycles. The summed E-state index contributed by atoms with van der Waals surface area (Å²) in [4.78, 5) is 12.3. The molecule has 116 valence electrons. The Morgan fingerprint density at radius 2 is 2.00 bits per heavy atom. The van der Waals surface area contributed by atoms with Crippen LogP contribution in [0.1, 0.15) is 0 Å². The van der Waals surface area contributed by atoms with Gasteiger partial charge in [-0.15, -0.1) is 4.83 Å². The summed E-state index contributed by atoms with van der Waals surface area (Å²) >= 11 is 0. The number of sulfonamides is 1. The number of nitro benzene ring substituents is 1. The van der Waals surface area contributed by atoms with Gasteiger partial charge in [0, 0.05) is 25.2 Å². The normalized spacial score (nSPS) is 16.6. The van der Waals surface area contributed by atoms with E-state index in [2.05, 4.69) is 10.3 Å². The summed E-state index contributed by atoms with van der Waals surface area (Å²) in [5.41, 5.74) is 1.86. The molecule has 0 radical (unpaired) electrons. The van der Waals surface area contributed by atoms with Crippen molar-refractivity contribution in [2.24, 2.45) is 5.84 Å². The molecule has 0 bridgehead atoms. The fourth-order valence-corrected chi connectivity index (χ4v) is 3.13. The Bertz CT molecular complexity index is 629. The third-order valence-electron chi connectivity index (χ3n) is 2.88. The van der Waals surface area contributed by atoms with E-state index in [1.165, 1.54) is 5.01 Å². The van der Waals surface area contributed by atoms with Crippen molar-refractivity contribution in [1.82, 2.24) is 9.84 Å². The Balaban J connectivity index is 2.28. The second kappa shape index (κ2) is 6.32. The van der Waals surface area contributed by atoms with Crippen LogP contribution in [0.15, 0.2) is 23.1 Å². The molecular formula is C10H15N5O5S. The van der Waals surface area contributed by atoms with Crippen LogP contribution in [0.2, 0.25) is 0 Å². The van der Waals surface area contributed by atoms with Crippen LogP contribution in [0.25, 0.3) is 0 Å². The van der Waals surface area contributed by atoms with Gasteiger partial charge in [-0.3, -0.25) is 16.0 Å². The zero-order valence-electron chi connectivity index (χ0n) is 11.0. The van der Waals surface area contributed by atoms with Gasteiger partial charge in [0.05, 0.1) is 23.8 Å². The van der Waals surface area contributed by atoms with E-state index in [4.69, 9.17) is 10.6 Å². The fraction of sp³-hybridized carbons (Fsp3) is 0.400. The number of ether oxygens (including phenoxy) is 1. The lowest BCUT2D eigenvalue weighted by molar-refractivity contribution is -0.384. The molecule has 1 fully saturated rings. The van der Waals surface area contributed by atoms with Gasteiger partial charge in [0.1, 0.15) is 4.90 Å². The van der Waals surface area contributed by atoms with E-state index >= 15 is 0 Å². The number of rotatable bonds is 5. The standard InChI is InChI=1S/C10H15N5O5S/c11-12-9-7-8(15(16)17)1-2-10(9)21(18,19)13-14-3-5-20-6-4-14/h1-2,7,12-13H,3-6,11H2. The van der Waals surface area contributed by atoms with Crippen molar-refractivity contribution < 1.29 is 18.1 Å². The molecule has 4 N–H and O–H groups in total. The van der Waals surface area contributed by atoms with E-state index in [-0.39, 0.29) is 16.3 Å². The number of nitrogens with zero attached hydrogens (tertiary/aromatic N) is 2. The van der Waals surface area contributed by atoms with Gasteiger partial charge in [0.2, 0.25) is 0 Å². The van der Waals surface area contributed by atoms with E-state index in [1.54, 1.807) is 0 Å². The van der Waals surface area contributed by atoms with Crippen molar-refractivity contribution in [2.75, 3.05) is 31.7 Å². The highest BCUT2D eigenvalue weighted by molar-refractivity contribution is 7.89. The molecule has 21 heavy (non-hydrogen) atoms. The van der Waals surface area contributed by atoms with Crippen LogP contribution in [0, 0.1) is 10.1 Å². The lowest BCUT2D eigenvalue weighted by Crippen LogP contribution is -2.48. The molecule has 0 saturated carbocycles. The molecule has 1 aromatic rings. The zero-order chi connectivity index (χ0) is 15.5. The molecule has 1 saturated heterocycles. The van der Waals surface area contributed by atoms with E-state index in [1.807, 2.05) is 0 Å². The first-order valence-corrected chi connectivity index (χ1v) is 7.52. The number of hydrazine groups is 2. The predicted molar refractivity (Wildman–Crippen MR) is 73.6 cm³/mol. The highest BCUT2D eigenvalue weighted by Gasteiger charge is 2.24. The van der Waals surface area contributed by atoms with Crippen LogP contribution in [-0.2, 0) is 14.8 Å². The van der Waals surface area contributed by atoms with E-state index < -0.39 is 14.9 Å². The van der Waals surface area contributed by atoms with Gasteiger partial charge in [-0.05, 0) is 6.07 Å². The van der Waals surface area contributed by atoms with Crippen LogP contribution < -0.4 is 16.1 Å². The second-order valence-electron chi connectivity index (χ2n) is 4.28. The molecule has 0 spiro atoms. The lowest BCUT2D eigenvalue weighted by Gasteiger charge is -2.27. The zero-order valence-corrected chi connectivity index (χ0v) is 11.8. The Morgan fingerprint density at radius 1 is 1.33 bits per heavy atom. The van der Waals surface area contributed by atoms with E-state index in [0.29, 0.717) is 26.3 Å². The molecule has 1 aliphatic heterocycles. The Hall–Kier alpha value is -1.79. The molecule has 0 atom stereocenters. The topological polar surface area (TPSA) is 140 Å². The molecule has 10 nitrogen and oxygen atoms in total. The van der Waals surface area contributed by atoms with E-state index in [9.17, 15) is 18.5 Å². The fourth-order valence-electron chi connectivity index (χ4n) is 1.85. The third kappa shape index (κ3) is 3.65. The molecule has 1 aliphatic rings. The summed E-state index contributed by atoms with van der Waals surface area (Å²) in [6, 6.07) is 3.30. The monoisotopic (exact) mass is 317 g/mol. The van der Waals surface area contributed by atoms with Crippen LogP contribution in [0.5, 0.6) is 0 Å². The number of hydrogen-bond donors (Lipinski definition) is 3. The number of nitrogens with one attached hydrogen (secondary N) is 2. The summed E-state index contributed by atoms with van der Waals surface area (Å²) in [5, 5.41) is 12.2. The maximum atomic E-state index is 12.3. The minimum Gasteiger partial charge on any atom is -0.379 e. The average Bonchev–Trinajstić information content (AvgIpc) is 2.47. The summed E-state index contributed by atoms with van der Waals surface area (Å²) in [5.74, 6) is 5.25. The number of morpholine rings is 1. The minimum atomic E-state index is -3.89. The van der Waals surface area contributed by atoms with Crippen molar-refractivity contribution in [3.05, 3.63) is 28.3 Å². The van der Waals surface area contributed by atoms with Gasteiger partial charge < -0.3 is 10.2 Å². The maximum Gasteiger partial charge on any atom is 0.271 e. The van der Waals surface area contributed by atoms with Crippen LogP contribution in [0.3, 0.4) is 0 Å². The van der Waals surface area contributed by atoms with Gasteiger partial charge >= 0.3 is 0 Å². The molecule has 1 heterocycles. The number of nitrogens with two attached hydrogens (primary N) is 1. The number of hydrogen-bond acceptors (Lipinski definition) is 8. The summed E-state index contributed by atoms with van der Waals surface area (Å²) in [7, 11) is -3.89. The smallest absolute Gasteiger partial charge is 0.271 e. The predicted octanol–water partition coefficient (Wildman–Crippen LogP) is -0.594. The van der Waals surface area contributed by atoms with Crippen molar-refractivity contribution >= 4 is 21.4 Å². The first-order chi connectivity index (χ1) is 9.94. The maximum absolute atomic E-state index is 12.3. The first kappa shape index (κ1) is 15.6. The summed E-state index contributed by atoms with van der Waals surface area (Å²) in [6.45, 7) is 1.67. The molecule has 0 aliphatic carbocycles. The molecule has 0 amide bonds. The van der Waals surface area contributed by atoms with Gasteiger partial charge in [0.15, 0.2) is 0 Å². The van der Waals surface area contributed by atoms with Crippen molar-refractivity contribution in [1.29, 1.82) is 0 Å². The SMILES string of the molecule is NNc1cc([N+](=O)[O-])ccc1S(=O)(=O)NN1CCOCC1. The first-order valence-electron chi connectivity index (χ1n) is 6.04. The molecule has 11 heteroatoms.